The van der Waals surface area contributed by atoms with E-state index in [0.29, 0.717) is 13.2 Å². The fourth-order valence-electron chi connectivity index (χ4n) is 3.00. The zero-order valence-corrected chi connectivity index (χ0v) is 15.6. The third-order valence-electron chi connectivity index (χ3n) is 4.27. The van der Waals surface area contributed by atoms with Gasteiger partial charge in [0.1, 0.15) is 5.82 Å². The van der Waals surface area contributed by atoms with Crippen molar-refractivity contribution in [2.75, 3.05) is 18.1 Å². The van der Waals surface area contributed by atoms with Gasteiger partial charge < -0.3 is 9.64 Å². The molecule has 0 saturated heterocycles. The lowest BCUT2D eigenvalue weighted by atomic mass is 10.1. The van der Waals surface area contributed by atoms with Gasteiger partial charge in [0, 0.05) is 17.6 Å². The van der Waals surface area contributed by atoms with Crippen LogP contribution in [0.3, 0.4) is 0 Å². The maximum Gasteiger partial charge on any atom is 0.376 e. The Morgan fingerprint density at radius 2 is 1.85 bits per heavy atom. The molecule has 0 unspecified atom stereocenters. The van der Waals surface area contributed by atoms with Gasteiger partial charge in [0.15, 0.2) is 0 Å². The molecule has 1 aromatic heterocycles. The molecule has 5 nitrogen and oxygen atoms in total. The van der Waals surface area contributed by atoms with Crippen molar-refractivity contribution in [3.05, 3.63) is 59.4 Å². The molecular weight excluding hydrogens is 326 g/mol. The lowest BCUT2D eigenvalue weighted by Crippen LogP contribution is -2.21. The summed E-state index contributed by atoms with van der Waals surface area (Å²) < 4.78 is 5.11. The number of aryl methyl sites for hydroxylation is 2. The van der Waals surface area contributed by atoms with Gasteiger partial charge in [0.2, 0.25) is 5.82 Å². The van der Waals surface area contributed by atoms with E-state index in [-0.39, 0.29) is 5.82 Å². The smallest absolute Gasteiger partial charge is 0.376 e. The quantitative estimate of drug-likeness (QED) is 0.631. The maximum atomic E-state index is 12.2. The second-order valence-electron chi connectivity index (χ2n) is 6.14. The minimum atomic E-state index is -0.503. The van der Waals surface area contributed by atoms with Gasteiger partial charge in [-0.3, -0.25) is 0 Å². The van der Waals surface area contributed by atoms with Crippen LogP contribution in [-0.2, 0) is 4.74 Å². The van der Waals surface area contributed by atoms with E-state index in [0.717, 1.165) is 28.0 Å². The van der Waals surface area contributed by atoms with Crippen molar-refractivity contribution in [3.63, 3.8) is 0 Å². The molecule has 0 aliphatic carbocycles. The minimum absolute atomic E-state index is 0.0873. The second kappa shape index (κ2) is 7.52. The lowest BCUT2D eigenvalue weighted by Gasteiger charge is -2.26. The standard InChI is InChI=1S/C21H23N3O2/c1-5-24(18-13-14(3)11-12-15(18)4)20-16-9-7-8-10-17(16)22-19(23-20)21(25)26-6-2/h7-13H,5-6H2,1-4H3. The summed E-state index contributed by atoms with van der Waals surface area (Å²) in [6.45, 7) is 9.00. The topological polar surface area (TPSA) is 55.3 Å². The lowest BCUT2D eigenvalue weighted by molar-refractivity contribution is 0.0512. The van der Waals surface area contributed by atoms with Crippen molar-refractivity contribution in [2.24, 2.45) is 0 Å². The first-order valence-electron chi connectivity index (χ1n) is 8.83. The van der Waals surface area contributed by atoms with E-state index in [9.17, 15) is 4.79 Å². The van der Waals surface area contributed by atoms with Crippen LogP contribution in [0.5, 0.6) is 0 Å². The normalized spacial score (nSPS) is 10.8. The Hall–Kier alpha value is -2.95. The number of para-hydroxylation sites is 1. The van der Waals surface area contributed by atoms with Gasteiger partial charge in [-0.05, 0) is 57.0 Å². The predicted octanol–water partition coefficient (Wildman–Crippen LogP) is 4.58. The van der Waals surface area contributed by atoms with E-state index in [1.165, 1.54) is 5.56 Å². The highest BCUT2D eigenvalue weighted by molar-refractivity contribution is 5.96. The summed E-state index contributed by atoms with van der Waals surface area (Å²) in [7, 11) is 0. The number of hydrogen-bond acceptors (Lipinski definition) is 5. The molecule has 2 aromatic carbocycles. The average Bonchev–Trinajstić information content (AvgIpc) is 2.65. The van der Waals surface area contributed by atoms with Crippen molar-refractivity contribution >= 4 is 28.4 Å². The van der Waals surface area contributed by atoms with Gasteiger partial charge in [0.05, 0.1) is 12.1 Å². The third kappa shape index (κ3) is 3.38. The number of carbonyl (C=O) groups excluding carboxylic acids is 1. The van der Waals surface area contributed by atoms with Crippen LogP contribution in [0.25, 0.3) is 10.9 Å². The fourth-order valence-corrected chi connectivity index (χ4v) is 3.00. The first kappa shape index (κ1) is 17.9. The molecule has 0 spiro atoms. The summed E-state index contributed by atoms with van der Waals surface area (Å²) in [5.41, 5.74) is 4.13. The number of hydrogen-bond donors (Lipinski definition) is 0. The SMILES string of the molecule is CCOC(=O)c1nc(N(CC)c2cc(C)ccc2C)c2ccccc2n1. The van der Waals surface area contributed by atoms with E-state index >= 15 is 0 Å². The van der Waals surface area contributed by atoms with Crippen molar-refractivity contribution in [1.29, 1.82) is 0 Å². The van der Waals surface area contributed by atoms with Crippen LogP contribution < -0.4 is 4.90 Å². The van der Waals surface area contributed by atoms with Gasteiger partial charge in [-0.1, -0.05) is 24.3 Å². The van der Waals surface area contributed by atoms with E-state index in [4.69, 9.17) is 4.74 Å². The van der Waals surface area contributed by atoms with Crippen molar-refractivity contribution < 1.29 is 9.53 Å². The number of esters is 1. The molecule has 3 aromatic rings. The molecule has 0 aliphatic heterocycles. The Morgan fingerprint density at radius 1 is 1.08 bits per heavy atom. The average molecular weight is 349 g/mol. The number of aromatic nitrogens is 2. The van der Waals surface area contributed by atoms with Crippen LogP contribution in [-0.4, -0.2) is 29.1 Å². The summed E-state index contributed by atoms with van der Waals surface area (Å²) in [5, 5.41) is 0.906. The molecule has 0 saturated carbocycles. The van der Waals surface area contributed by atoms with E-state index in [1.807, 2.05) is 24.3 Å². The summed E-state index contributed by atoms with van der Waals surface area (Å²) in [6.07, 6.45) is 0. The molecule has 3 rings (SSSR count). The molecule has 0 amide bonds. The van der Waals surface area contributed by atoms with E-state index < -0.39 is 5.97 Å². The van der Waals surface area contributed by atoms with Crippen LogP contribution in [0.1, 0.15) is 35.6 Å². The number of benzene rings is 2. The Balaban J connectivity index is 2.23. The van der Waals surface area contributed by atoms with Gasteiger partial charge in [0.25, 0.3) is 0 Å². The largest absolute Gasteiger partial charge is 0.460 e. The molecule has 0 N–H and O–H groups in total. The molecule has 0 fully saturated rings. The summed E-state index contributed by atoms with van der Waals surface area (Å²) in [6, 6.07) is 14.1. The zero-order chi connectivity index (χ0) is 18.7. The molecule has 5 heteroatoms. The Kier molecular flexibility index (Phi) is 5.16. The molecule has 0 atom stereocenters. The Labute approximate surface area is 153 Å². The second-order valence-corrected chi connectivity index (χ2v) is 6.14. The van der Waals surface area contributed by atoms with Crippen molar-refractivity contribution in [1.82, 2.24) is 9.97 Å². The number of nitrogens with zero attached hydrogens (tertiary/aromatic N) is 3. The zero-order valence-electron chi connectivity index (χ0n) is 15.6. The van der Waals surface area contributed by atoms with Crippen molar-refractivity contribution in [2.45, 2.75) is 27.7 Å². The molecule has 134 valence electrons. The highest BCUT2D eigenvalue weighted by atomic mass is 16.5. The molecule has 0 aliphatic rings. The predicted molar refractivity (Wildman–Crippen MR) is 104 cm³/mol. The summed E-state index contributed by atoms with van der Waals surface area (Å²) in [5.74, 6) is 0.302. The fraction of sp³-hybridized carbons (Fsp3) is 0.286. The van der Waals surface area contributed by atoms with E-state index in [1.54, 1.807) is 6.92 Å². The molecule has 26 heavy (non-hydrogen) atoms. The molecule has 0 bridgehead atoms. The Bertz CT molecular complexity index is 953. The third-order valence-corrected chi connectivity index (χ3v) is 4.27. The molecule has 1 heterocycles. The van der Waals surface area contributed by atoms with Crippen LogP contribution >= 0.6 is 0 Å². The number of ether oxygens (including phenoxy) is 1. The number of carbonyl (C=O) groups is 1. The molecule has 0 radical (unpaired) electrons. The number of anilines is 2. The monoisotopic (exact) mass is 349 g/mol. The maximum absolute atomic E-state index is 12.2. The molecular formula is C21H23N3O2. The van der Waals surface area contributed by atoms with Crippen LogP contribution in [0, 0.1) is 13.8 Å². The highest BCUT2D eigenvalue weighted by Gasteiger charge is 2.20. The summed E-state index contributed by atoms with van der Waals surface area (Å²) in [4.78, 5) is 23.3. The van der Waals surface area contributed by atoms with Crippen LogP contribution in [0.15, 0.2) is 42.5 Å². The van der Waals surface area contributed by atoms with Crippen LogP contribution in [0.2, 0.25) is 0 Å². The number of fused-ring (bicyclic) bond motifs is 1. The van der Waals surface area contributed by atoms with E-state index in [2.05, 4.69) is 53.8 Å². The van der Waals surface area contributed by atoms with Gasteiger partial charge >= 0.3 is 5.97 Å². The summed E-state index contributed by atoms with van der Waals surface area (Å²) >= 11 is 0. The van der Waals surface area contributed by atoms with Gasteiger partial charge in [-0.25, -0.2) is 14.8 Å². The van der Waals surface area contributed by atoms with Crippen LogP contribution in [0.4, 0.5) is 11.5 Å². The van der Waals surface area contributed by atoms with Gasteiger partial charge in [-0.2, -0.15) is 0 Å². The Morgan fingerprint density at radius 3 is 2.58 bits per heavy atom. The van der Waals surface area contributed by atoms with Crippen molar-refractivity contribution in [3.8, 4) is 0 Å². The van der Waals surface area contributed by atoms with Gasteiger partial charge in [-0.15, -0.1) is 0 Å². The first-order chi connectivity index (χ1) is 12.5. The number of rotatable bonds is 5. The minimum Gasteiger partial charge on any atom is -0.460 e. The highest BCUT2D eigenvalue weighted by Crippen LogP contribution is 2.32. The first-order valence-corrected chi connectivity index (χ1v) is 8.83.